The second-order valence-electron chi connectivity index (χ2n) is 13.7. The number of benzene rings is 1. The fraction of sp³-hybridized carbons (Fsp3) is 0.421. The lowest BCUT2D eigenvalue weighted by molar-refractivity contribution is -0.156. The minimum absolute atomic E-state index is 0.0853. The number of nitrogens with zero attached hydrogens (tertiary/aromatic N) is 4. The number of nitrogens with two attached hydrogens (primary N) is 1. The molecule has 0 unspecified atom stereocenters. The second-order valence-corrected chi connectivity index (χ2v) is 14.7. The van der Waals surface area contributed by atoms with Crippen LogP contribution in [0.1, 0.15) is 44.2 Å². The van der Waals surface area contributed by atoms with Gasteiger partial charge in [-0.15, -0.1) is 11.3 Å². The van der Waals surface area contributed by atoms with Crippen LogP contribution in [0.5, 0.6) is 11.5 Å². The smallest absolute Gasteiger partial charge is 0.329 e. The number of carbonyl (C=O) groups excluding carboxylic acids is 4. The standard InChI is InChI=1S/C38H43FN6O6S/c1-23(2)36(43-34(47)19-40)38(49)50-22-35(48)45-13-11-44(12-14-45)21-26-5-7-29(42-20-26)33-18-30-37(52-33)32(9-10-41-30)51-31-8-6-25(17-28(31)39)16-27(46)15-24-3-4-24/h5-10,17-18,20,23-24,36H,3-4,11-16,19,21-22,40H2,1-2H3,(H,43,47)/t36-/m0/s1. The topological polar surface area (TPSA) is 157 Å². The predicted molar refractivity (Wildman–Crippen MR) is 194 cm³/mol. The molecule has 4 heterocycles. The van der Waals surface area contributed by atoms with E-state index in [9.17, 15) is 19.2 Å². The Balaban J connectivity index is 1.00. The first-order valence-corrected chi connectivity index (χ1v) is 18.4. The lowest BCUT2D eigenvalue weighted by Crippen LogP contribution is -2.50. The molecule has 0 bridgehead atoms. The van der Waals surface area contributed by atoms with Crippen molar-refractivity contribution in [2.24, 2.45) is 17.6 Å². The molecule has 1 aliphatic carbocycles. The molecule has 14 heteroatoms. The van der Waals surface area contributed by atoms with Gasteiger partial charge in [0.05, 0.1) is 27.3 Å². The Morgan fingerprint density at radius 1 is 1.00 bits per heavy atom. The fourth-order valence-corrected chi connectivity index (χ4v) is 7.08. The monoisotopic (exact) mass is 730 g/mol. The number of pyridine rings is 2. The number of Topliss-reactive ketones (excluding diaryl/α,β-unsaturated/α-hetero) is 1. The number of esters is 1. The van der Waals surface area contributed by atoms with Crippen LogP contribution in [0.15, 0.2) is 54.9 Å². The van der Waals surface area contributed by atoms with Gasteiger partial charge in [-0.05, 0) is 60.1 Å². The van der Waals surface area contributed by atoms with E-state index in [1.54, 1.807) is 43.1 Å². The largest absolute Gasteiger partial charge is 0.454 e. The number of fused-ring (bicyclic) bond motifs is 1. The van der Waals surface area contributed by atoms with Gasteiger partial charge >= 0.3 is 5.97 Å². The summed E-state index contributed by atoms with van der Waals surface area (Å²) in [4.78, 5) is 63.1. The van der Waals surface area contributed by atoms with Gasteiger partial charge < -0.3 is 25.4 Å². The molecule has 6 rings (SSSR count). The molecule has 0 radical (unpaired) electrons. The van der Waals surface area contributed by atoms with E-state index in [-0.39, 0.29) is 42.9 Å². The Hall–Kier alpha value is -4.79. The zero-order valence-electron chi connectivity index (χ0n) is 29.3. The number of thiophene rings is 1. The highest BCUT2D eigenvalue weighted by Crippen LogP contribution is 2.39. The van der Waals surface area contributed by atoms with Gasteiger partial charge in [-0.25, -0.2) is 9.18 Å². The summed E-state index contributed by atoms with van der Waals surface area (Å²) >= 11 is 1.46. The molecule has 1 atom stereocenters. The first-order valence-electron chi connectivity index (χ1n) is 17.5. The van der Waals surface area contributed by atoms with E-state index in [0.717, 1.165) is 33.7 Å². The van der Waals surface area contributed by atoms with Gasteiger partial charge in [-0.3, -0.25) is 29.3 Å². The first kappa shape index (κ1) is 37.0. The number of halogens is 1. The van der Waals surface area contributed by atoms with Crippen molar-refractivity contribution >= 4 is 45.1 Å². The molecule has 1 saturated heterocycles. The maximum atomic E-state index is 15.0. The summed E-state index contributed by atoms with van der Waals surface area (Å²) in [5.74, 6) is -0.936. The molecule has 2 fully saturated rings. The van der Waals surface area contributed by atoms with E-state index < -0.39 is 23.7 Å². The fourth-order valence-electron chi connectivity index (χ4n) is 6.04. The van der Waals surface area contributed by atoms with Crippen LogP contribution in [0.25, 0.3) is 20.8 Å². The van der Waals surface area contributed by atoms with Gasteiger partial charge in [-0.2, -0.15) is 0 Å². The van der Waals surface area contributed by atoms with E-state index in [1.807, 2.05) is 24.4 Å². The van der Waals surface area contributed by atoms with Gasteiger partial charge in [0.2, 0.25) is 5.91 Å². The normalized spacial score (nSPS) is 15.4. The zero-order chi connectivity index (χ0) is 36.8. The van der Waals surface area contributed by atoms with Crippen LogP contribution in [-0.4, -0.2) is 88.7 Å². The third-order valence-corrected chi connectivity index (χ3v) is 10.3. The van der Waals surface area contributed by atoms with Gasteiger partial charge in [0.1, 0.15) is 17.6 Å². The number of ether oxygens (including phenoxy) is 2. The maximum absolute atomic E-state index is 15.0. The van der Waals surface area contributed by atoms with Gasteiger partial charge in [0, 0.05) is 64.0 Å². The molecule has 0 spiro atoms. The third kappa shape index (κ3) is 9.55. The average Bonchev–Trinajstić information content (AvgIpc) is 3.84. The zero-order valence-corrected chi connectivity index (χ0v) is 30.1. The molecule has 1 saturated carbocycles. The molecule has 4 aromatic rings. The highest BCUT2D eigenvalue weighted by atomic mass is 32.1. The molecule has 2 aliphatic rings. The number of rotatable bonds is 15. The van der Waals surface area contributed by atoms with Crippen LogP contribution in [0.2, 0.25) is 0 Å². The number of carbonyl (C=O) groups is 4. The maximum Gasteiger partial charge on any atom is 0.329 e. The molecule has 3 aromatic heterocycles. The first-order chi connectivity index (χ1) is 25.1. The summed E-state index contributed by atoms with van der Waals surface area (Å²) in [5, 5.41) is 2.54. The van der Waals surface area contributed by atoms with Crippen molar-refractivity contribution in [3.8, 4) is 22.1 Å². The average molecular weight is 731 g/mol. The Morgan fingerprint density at radius 2 is 1.77 bits per heavy atom. The van der Waals surface area contributed by atoms with Gasteiger partial charge in [0.25, 0.3) is 5.91 Å². The highest BCUT2D eigenvalue weighted by molar-refractivity contribution is 7.22. The molecule has 1 aromatic carbocycles. The van der Waals surface area contributed by atoms with Crippen molar-refractivity contribution < 1.29 is 33.0 Å². The molecular formula is C38H43FN6O6S. The number of aromatic nitrogens is 2. The summed E-state index contributed by atoms with van der Waals surface area (Å²) in [5.41, 5.74) is 8.49. The molecule has 2 amide bonds. The summed E-state index contributed by atoms with van der Waals surface area (Å²) in [6.07, 6.45) is 6.47. The summed E-state index contributed by atoms with van der Waals surface area (Å²) in [6.45, 7) is 5.85. The molecule has 12 nitrogen and oxygen atoms in total. The number of amides is 2. The second kappa shape index (κ2) is 16.7. The Morgan fingerprint density at radius 3 is 2.44 bits per heavy atom. The minimum Gasteiger partial charge on any atom is -0.454 e. The van der Waals surface area contributed by atoms with Crippen LogP contribution in [0.4, 0.5) is 4.39 Å². The molecule has 1 aliphatic heterocycles. The van der Waals surface area contributed by atoms with E-state index in [2.05, 4.69) is 15.2 Å². The number of piperazine rings is 1. The lowest BCUT2D eigenvalue weighted by atomic mass is 10.0. The lowest BCUT2D eigenvalue weighted by Gasteiger charge is -2.34. The van der Waals surface area contributed by atoms with Crippen molar-refractivity contribution in [1.29, 1.82) is 0 Å². The van der Waals surface area contributed by atoms with E-state index in [1.165, 1.54) is 17.4 Å². The van der Waals surface area contributed by atoms with Gasteiger partial charge in [-0.1, -0.05) is 26.0 Å². The van der Waals surface area contributed by atoms with E-state index >= 15 is 4.39 Å². The van der Waals surface area contributed by atoms with Crippen LogP contribution in [0.3, 0.4) is 0 Å². The number of hydrogen-bond donors (Lipinski definition) is 2. The van der Waals surface area contributed by atoms with Crippen LogP contribution < -0.4 is 15.8 Å². The Kier molecular flexibility index (Phi) is 11.9. The SMILES string of the molecule is CC(C)[C@H](NC(=O)CN)C(=O)OCC(=O)N1CCN(Cc2ccc(-c3cc4nccc(Oc5ccc(CC(=O)CC6CC6)cc5F)c4s3)nc2)CC1. The number of hydrogen-bond acceptors (Lipinski definition) is 11. The van der Waals surface area contributed by atoms with Crippen LogP contribution in [-0.2, 0) is 36.9 Å². The summed E-state index contributed by atoms with van der Waals surface area (Å²) in [6, 6.07) is 11.4. The van der Waals surface area contributed by atoms with E-state index in [0.29, 0.717) is 61.9 Å². The van der Waals surface area contributed by atoms with Crippen molar-refractivity contribution in [3.63, 3.8) is 0 Å². The third-order valence-electron chi connectivity index (χ3n) is 9.18. The summed E-state index contributed by atoms with van der Waals surface area (Å²) in [7, 11) is 0. The molecular weight excluding hydrogens is 688 g/mol. The number of nitrogens with one attached hydrogen (secondary N) is 1. The Bertz CT molecular complexity index is 1920. The summed E-state index contributed by atoms with van der Waals surface area (Å²) < 4.78 is 27.0. The predicted octanol–water partition coefficient (Wildman–Crippen LogP) is 4.49. The van der Waals surface area contributed by atoms with Crippen molar-refractivity contribution in [1.82, 2.24) is 25.1 Å². The Labute approximate surface area is 305 Å². The van der Waals surface area contributed by atoms with E-state index in [4.69, 9.17) is 20.2 Å². The molecule has 3 N–H and O–H groups in total. The highest BCUT2D eigenvalue weighted by Gasteiger charge is 2.28. The quantitative estimate of drug-likeness (QED) is 0.167. The van der Waals surface area contributed by atoms with Crippen LogP contribution in [0, 0.1) is 17.7 Å². The van der Waals surface area contributed by atoms with Gasteiger partial charge in [0.15, 0.2) is 18.2 Å². The van der Waals surface area contributed by atoms with Crippen molar-refractivity contribution in [2.45, 2.75) is 52.1 Å². The van der Waals surface area contributed by atoms with Crippen molar-refractivity contribution in [2.75, 3.05) is 39.3 Å². The molecule has 274 valence electrons. The van der Waals surface area contributed by atoms with Crippen molar-refractivity contribution in [3.05, 3.63) is 71.8 Å². The minimum atomic E-state index is -0.872. The molecule has 52 heavy (non-hydrogen) atoms. The number of ketones is 1. The van der Waals surface area contributed by atoms with Crippen LogP contribution >= 0.6 is 11.3 Å².